The molecule has 6 rings (SSSR count). The minimum absolute atomic E-state index is 0.358. The van der Waals surface area contributed by atoms with Crippen molar-refractivity contribution in [2.75, 3.05) is 79.9 Å². The van der Waals surface area contributed by atoms with Gasteiger partial charge in [0.2, 0.25) is 16.0 Å². The number of nitrogens with one attached hydrogen (secondary N) is 3. The number of ether oxygens (including phenoxy) is 1. The van der Waals surface area contributed by atoms with Crippen LogP contribution in [-0.4, -0.2) is 98.9 Å². The highest BCUT2D eigenvalue weighted by Crippen LogP contribution is 2.38. The lowest BCUT2D eigenvalue weighted by Gasteiger charge is -2.43. The summed E-state index contributed by atoms with van der Waals surface area (Å²) in [4.78, 5) is 21.2. The number of aryl methyl sites for hydroxylation is 1. The molecule has 0 atom stereocenters. The van der Waals surface area contributed by atoms with E-state index in [9.17, 15) is 8.42 Å². The second kappa shape index (κ2) is 14.2. The standard InChI is InChI=1S/C33H42BrN9O3S/c1-5-22-19-28(30(46-3)20-29(22)43-13-10-23(11-14-43)42-17-15-41(2)16-18-42)38-33-36-21-25(34)32(39-33)37-27-9-8-26-24(7-6-12-35-26)31(27)40-47(4,44)45/h6-9,12,19-21,23,40H,5,10-11,13-18H2,1-4H3,(H2,36,37,38,39). The van der Waals surface area contributed by atoms with Gasteiger partial charge in [0.1, 0.15) is 11.6 Å². The maximum absolute atomic E-state index is 12.3. The average Bonchev–Trinajstić information content (AvgIpc) is 3.07. The van der Waals surface area contributed by atoms with E-state index in [1.54, 1.807) is 31.6 Å². The molecule has 0 aliphatic carbocycles. The summed E-state index contributed by atoms with van der Waals surface area (Å²) in [5.41, 5.74) is 4.77. The van der Waals surface area contributed by atoms with Crippen LogP contribution in [0.1, 0.15) is 25.3 Å². The Kier molecular flexibility index (Phi) is 10.0. The van der Waals surface area contributed by atoms with Crippen molar-refractivity contribution < 1.29 is 13.2 Å². The number of sulfonamides is 1. The van der Waals surface area contributed by atoms with Gasteiger partial charge in [0, 0.05) is 74.8 Å². The first-order valence-corrected chi connectivity index (χ1v) is 18.6. The average molecular weight is 725 g/mol. The van der Waals surface area contributed by atoms with Crippen molar-refractivity contribution in [3.05, 3.63) is 58.8 Å². The fourth-order valence-electron chi connectivity index (χ4n) is 6.43. The van der Waals surface area contributed by atoms with Crippen LogP contribution in [0.5, 0.6) is 5.75 Å². The Bertz CT molecular complexity index is 1840. The number of benzene rings is 2. The van der Waals surface area contributed by atoms with E-state index in [4.69, 9.17) is 9.72 Å². The normalized spacial score (nSPS) is 16.7. The van der Waals surface area contributed by atoms with Gasteiger partial charge in [-0.25, -0.2) is 13.4 Å². The lowest BCUT2D eigenvalue weighted by molar-refractivity contribution is 0.0982. The van der Waals surface area contributed by atoms with E-state index >= 15 is 0 Å². The number of anilines is 6. The molecular formula is C33H42BrN9O3S. The lowest BCUT2D eigenvalue weighted by Crippen LogP contribution is -2.52. The molecule has 4 aromatic rings. The maximum Gasteiger partial charge on any atom is 0.229 e. The number of piperidine rings is 1. The molecule has 4 heterocycles. The van der Waals surface area contributed by atoms with E-state index in [0.29, 0.717) is 50.3 Å². The molecule has 0 unspecified atom stereocenters. The predicted octanol–water partition coefficient (Wildman–Crippen LogP) is 5.43. The van der Waals surface area contributed by atoms with Crippen LogP contribution < -0.4 is 25.0 Å². The van der Waals surface area contributed by atoms with Crippen molar-refractivity contribution in [3.63, 3.8) is 0 Å². The summed E-state index contributed by atoms with van der Waals surface area (Å²) in [6, 6.07) is 12.1. The Morgan fingerprint density at radius 3 is 2.47 bits per heavy atom. The van der Waals surface area contributed by atoms with Crippen LogP contribution >= 0.6 is 15.9 Å². The predicted molar refractivity (Wildman–Crippen MR) is 193 cm³/mol. The SMILES string of the molecule is CCc1cc(Nc2ncc(Br)c(Nc3ccc4ncccc4c3NS(C)(=O)=O)n2)c(OC)cc1N1CCC(N2CCN(C)CC2)CC1. The first-order valence-electron chi connectivity index (χ1n) is 15.9. The van der Waals surface area contributed by atoms with E-state index in [1.165, 1.54) is 11.3 Å². The largest absolute Gasteiger partial charge is 0.494 e. The van der Waals surface area contributed by atoms with E-state index in [2.05, 4.69) is 82.1 Å². The van der Waals surface area contributed by atoms with Crippen LogP contribution in [0.15, 0.2) is 53.3 Å². The minimum atomic E-state index is -3.57. The van der Waals surface area contributed by atoms with Crippen LogP contribution in [0.25, 0.3) is 10.9 Å². The molecule has 0 bridgehead atoms. The zero-order valence-corrected chi connectivity index (χ0v) is 29.7. The first-order chi connectivity index (χ1) is 22.6. The third kappa shape index (κ3) is 7.72. The topological polar surface area (TPSA) is 128 Å². The quantitative estimate of drug-likeness (QED) is 0.194. The van der Waals surface area contributed by atoms with Gasteiger partial charge in [0.25, 0.3) is 0 Å². The molecule has 2 saturated heterocycles. The molecule has 0 radical (unpaired) electrons. The number of aromatic nitrogens is 3. The van der Waals surface area contributed by atoms with Gasteiger partial charge in [-0.1, -0.05) is 6.92 Å². The number of pyridine rings is 1. The van der Waals surface area contributed by atoms with Gasteiger partial charge in [-0.05, 0) is 78.1 Å². The van der Waals surface area contributed by atoms with Crippen molar-refractivity contribution in [1.29, 1.82) is 0 Å². The van der Waals surface area contributed by atoms with Gasteiger partial charge in [-0.15, -0.1) is 0 Å². The number of methoxy groups -OCH3 is 1. The zero-order valence-electron chi connectivity index (χ0n) is 27.3. The Labute approximate surface area is 285 Å². The Morgan fingerprint density at radius 1 is 1.00 bits per heavy atom. The molecule has 2 aliphatic rings. The lowest BCUT2D eigenvalue weighted by atomic mass is 9.99. The first kappa shape index (κ1) is 33.2. The molecule has 2 aromatic heterocycles. The third-order valence-electron chi connectivity index (χ3n) is 8.96. The fourth-order valence-corrected chi connectivity index (χ4v) is 7.31. The van der Waals surface area contributed by atoms with Crippen molar-refractivity contribution in [2.24, 2.45) is 0 Å². The van der Waals surface area contributed by atoms with E-state index in [0.717, 1.165) is 70.5 Å². The molecule has 2 aromatic carbocycles. The highest BCUT2D eigenvalue weighted by Gasteiger charge is 2.28. The highest BCUT2D eigenvalue weighted by molar-refractivity contribution is 9.10. The number of fused-ring (bicyclic) bond motifs is 1. The maximum atomic E-state index is 12.3. The van der Waals surface area contributed by atoms with Crippen LogP contribution in [0.2, 0.25) is 0 Å². The molecular weight excluding hydrogens is 682 g/mol. The number of hydrogen-bond donors (Lipinski definition) is 3. The van der Waals surface area contributed by atoms with Gasteiger partial charge in [-0.2, -0.15) is 4.98 Å². The van der Waals surface area contributed by atoms with Gasteiger partial charge < -0.3 is 25.2 Å². The monoisotopic (exact) mass is 723 g/mol. The molecule has 12 nitrogen and oxygen atoms in total. The van der Waals surface area contributed by atoms with E-state index < -0.39 is 10.0 Å². The van der Waals surface area contributed by atoms with Crippen molar-refractivity contribution in [2.45, 2.75) is 32.2 Å². The van der Waals surface area contributed by atoms with Crippen molar-refractivity contribution in [3.8, 4) is 5.75 Å². The molecule has 0 spiro atoms. The summed E-state index contributed by atoms with van der Waals surface area (Å²) in [5, 5.41) is 7.30. The third-order valence-corrected chi connectivity index (χ3v) is 10.1. The molecule has 250 valence electrons. The van der Waals surface area contributed by atoms with Crippen LogP contribution in [0, 0.1) is 0 Å². The molecule has 2 fully saturated rings. The second-order valence-electron chi connectivity index (χ2n) is 12.2. The molecule has 47 heavy (non-hydrogen) atoms. The minimum Gasteiger partial charge on any atom is -0.494 e. The zero-order chi connectivity index (χ0) is 33.1. The van der Waals surface area contributed by atoms with Gasteiger partial charge in [0.15, 0.2) is 0 Å². The van der Waals surface area contributed by atoms with Crippen LogP contribution in [-0.2, 0) is 16.4 Å². The number of likely N-dealkylation sites (N-methyl/N-ethyl adjacent to an activating group) is 1. The van der Waals surface area contributed by atoms with Crippen molar-refractivity contribution >= 4 is 71.4 Å². The smallest absolute Gasteiger partial charge is 0.229 e. The van der Waals surface area contributed by atoms with Crippen LogP contribution in [0.4, 0.5) is 34.5 Å². The molecule has 0 amide bonds. The van der Waals surface area contributed by atoms with Gasteiger partial charge >= 0.3 is 0 Å². The molecule has 14 heteroatoms. The van der Waals surface area contributed by atoms with E-state index in [-0.39, 0.29) is 0 Å². The number of rotatable bonds is 10. The Morgan fingerprint density at radius 2 is 1.77 bits per heavy atom. The number of hydrogen-bond acceptors (Lipinski definition) is 11. The molecule has 3 N–H and O–H groups in total. The van der Waals surface area contributed by atoms with Gasteiger partial charge in [0.05, 0.1) is 40.4 Å². The Hall–Kier alpha value is -3.72. The summed E-state index contributed by atoms with van der Waals surface area (Å²) in [5.74, 6) is 1.52. The summed E-state index contributed by atoms with van der Waals surface area (Å²) < 4.78 is 33.7. The highest BCUT2D eigenvalue weighted by atomic mass is 79.9. The summed E-state index contributed by atoms with van der Waals surface area (Å²) in [6.45, 7) is 8.82. The van der Waals surface area contributed by atoms with Crippen LogP contribution in [0.3, 0.4) is 0 Å². The number of piperazine rings is 1. The summed E-state index contributed by atoms with van der Waals surface area (Å²) in [7, 11) is 0.309. The number of halogens is 1. The second-order valence-corrected chi connectivity index (χ2v) is 14.8. The fraction of sp³-hybridized carbons (Fsp3) is 0.424. The van der Waals surface area contributed by atoms with Crippen molar-refractivity contribution in [1.82, 2.24) is 24.8 Å². The Balaban J connectivity index is 1.22. The molecule has 0 saturated carbocycles. The summed E-state index contributed by atoms with van der Waals surface area (Å²) in [6.07, 6.45) is 7.62. The van der Waals surface area contributed by atoms with Gasteiger partial charge in [-0.3, -0.25) is 14.6 Å². The van der Waals surface area contributed by atoms with E-state index in [1.807, 2.05) is 12.1 Å². The number of nitrogens with zero attached hydrogens (tertiary/aromatic N) is 6. The molecule has 2 aliphatic heterocycles. The summed E-state index contributed by atoms with van der Waals surface area (Å²) >= 11 is 3.54.